The van der Waals surface area contributed by atoms with E-state index in [0.717, 1.165) is 36.8 Å². The van der Waals surface area contributed by atoms with Gasteiger partial charge in [-0.3, -0.25) is 9.69 Å². The Kier molecular flexibility index (Phi) is 7.23. The van der Waals surface area contributed by atoms with Crippen molar-refractivity contribution in [2.45, 2.75) is 18.7 Å². The van der Waals surface area contributed by atoms with Crippen molar-refractivity contribution in [2.24, 2.45) is 0 Å². The smallest absolute Gasteiger partial charge is 0.235 e. The molecule has 0 aliphatic carbocycles. The second kappa shape index (κ2) is 9.97. The van der Waals surface area contributed by atoms with Crippen molar-refractivity contribution in [3.05, 3.63) is 52.5 Å². The number of carbonyl (C=O) groups is 1. The van der Waals surface area contributed by atoms with Crippen LogP contribution in [0.4, 0.5) is 5.13 Å². The Labute approximate surface area is 203 Å². The molecule has 0 radical (unpaired) electrons. The molecule has 7 nitrogen and oxygen atoms in total. The monoisotopic (exact) mass is 506 g/mol. The number of fused-ring (bicyclic) bond motifs is 1. The van der Waals surface area contributed by atoms with Crippen LogP contribution < -0.4 is 10.2 Å². The predicted molar refractivity (Wildman–Crippen MR) is 134 cm³/mol. The third kappa shape index (κ3) is 5.66. The molecule has 1 amide bonds. The van der Waals surface area contributed by atoms with E-state index in [1.165, 1.54) is 40.1 Å². The third-order valence-corrected chi connectivity index (χ3v) is 8.95. The fourth-order valence-corrected chi connectivity index (χ4v) is 6.30. The molecular weight excluding hydrogens is 480 g/mol. The maximum Gasteiger partial charge on any atom is 0.235 e. The van der Waals surface area contributed by atoms with E-state index in [0.29, 0.717) is 18.1 Å². The van der Waals surface area contributed by atoms with Crippen molar-refractivity contribution < 1.29 is 13.2 Å². The summed E-state index contributed by atoms with van der Waals surface area (Å²) in [6.07, 6.45) is 0. The first-order chi connectivity index (χ1) is 15.7. The molecule has 0 unspecified atom stereocenters. The Morgan fingerprint density at radius 3 is 2.39 bits per heavy atom. The van der Waals surface area contributed by atoms with Crippen molar-refractivity contribution >= 4 is 54.0 Å². The highest BCUT2D eigenvalue weighted by atomic mass is 35.5. The number of halogens is 1. The summed E-state index contributed by atoms with van der Waals surface area (Å²) < 4.78 is 26.0. The Bertz CT molecular complexity index is 1210. The molecule has 2 aromatic carbocycles. The Hall–Kier alpha value is -2.20. The first kappa shape index (κ1) is 23.9. The van der Waals surface area contributed by atoms with Crippen LogP contribution in [0.2, 0.25) is 5.02 Å². The van der Waals surface area contributed by atoms with Gasteiger partial charge in [-0.1, -0.05) is 35.1 Å². The lowest BCUT2D eigenvalue weighted by Crippen LogP contribution is -2.48. The van der Waals surface area contributed by atoms with E-state index in [-0.39, 0.29) is 4.90 Å². The highest BCUT2D eigenvalue weighted by Gasteiger charge is 2.22. The quantitative estimate of drug-likeness (QED) is 0.529. The second-order valence-electron chi connectivity index (χ2n) is 8.27. The molecule has 10 heteroatoms. The fraction of sp³-hybridized carbons (Fsp3) is 0.391. The number of rotatable bonds is 7. The summed E-state index contributed by atoms with van der Waals surface area (Å²) in [6, 6.07) is 10.1. The van der Waals surface area contributed by atoms with Crippen molar-refractivity contribution in [1.29, 1.82) is 0 Å². The number of benzene rings is 2. The molecule has 1 aliphatic rings. The number of aryl methyl sites for hydroxylation is 2. The lowest BCUT2D eigenvalue weighted by atomic mass is 10.1. The molecule has 0 spiro atoms. The summed E-state index contributed by atoms with van der Waals surface area (Å²) >= 11 is 7.55. The largest absolute Gasteiger partial charge is 0.354 e. The lowest BCUT2D eigenvalue weighted by molar-refractivity contribution is -0.118. The van der Waals surface area contributed by atoms with Crippen LogP contribution in [0, 0.1) is 13.8 Å². The van der Waals surface area contributed by atoms with Crippen molar-refractivity contribution in [3.63, 3.8) is 0 Å². The second-order valence-corrected chi connectivity index (χ2v) is 11.7. The molecule has 3 aromatic rings. The van der Waals surface area contributed by atoms with Crippen molar-refractivity contribution in [2.75, 3.05) is 49.9 Å². The zero-order valence-electron chi connectivity index (χ0n) is 18.7. The number of piperazine rings is 1. The highest BCUT2D eigenvalue weighted by molar-refractivity contribution is 7.92. The van der Waals surface area contributed by atoms with Crippen LogP contribution in [0.25, 0.3) is 10.2 Å². The van der Waals surface area contributed by atoms with Crippen LogP contribution in [0.3, 0.4) is 0 Å². The maximum absolute atomic E-state index is 12.4. The number of hydrogen-bond acceptors (Lipinski definition) is 7. The van der Waals surface area contributed by atoms with Gasteiger partial charge in [0.1, 0.15) is 5.75 Å². The number of anilines is 1. The van der Waals surface area contributed by atoms with E-state index in [9.17, 15) is 13.2 Å². The van der Waals surface area contributed by atoms with Gasteiger partial charge in [0.15, 0.2) is 15.0 Å². The minimum absolute atomic E-state index is 0.0957. The molecule has 176 valence electrons. The Morgan fingerprint density at radius 1 is 1.06 bits per heavy atom. The van der Waals surface area contributed by atoms with E-state index >= 15 is 0 Å². The maximum atomic E-state index is 12.4. The molecule has 0 bridgehead atoms. The van der Waals surface area contributed by atoms with Gasteiger partial charge in [0.25, 0.3) is 0 Å². The van der Waals surface area contributed by atoms with Crippen LogP contribution in [-0.4, -0.2) is 69.2 Å². The number of nitrogens with zero attached hydrogens (tertiary/aromatic N) is 3. The number of sulfone groups is 1. The zero-order valence-corrected chi connectivity index (χ0v) is 21.1. The van der Waals surface area contributed by atoms with Gasteiger partial charge in [0.05, 0.1) is 15.1 Å². The average molecular weight is 507 g/mol. The molecule has 1 fully saturated rings. The number of carbonyl (C=O) groups excluding carboxylic acids is 1. The SMILES string of the molecule is Cc1ccc(C)c2sc(N3CCN(CCNC(=O)CS(=O)(=O)c4ccc(Cl)cc4)CC3)nc12. The van der Waals surface area contributed by atoms with Gasteiger partial charge in [0.2, 0.25) is 5.91 Å². The first-order valence-electron chi connectivity index (χ1n) is 10.8. The molecular formula is C23H27ClN4O3S2. The highest BCUT2D eigenvalue weighted by Crippen LogP contribution is 2.33. The van der Waals surface area contributed by atoms with Gasteiger partial charge >= 0.3 is 0 Å². The number of thiazole rings is 1. The van der Waals surface area contributed by atoms with E-state index in [1.807, 2.05) is 0 Å². The topological polar surface area (TPSA) is 82.6 Å². The molecule has 1 saturated heterocycles. The van der Waals surface area contributed by atoms with E-state index in [1.54, 1.807) is 11.3 Å². The Balaban J connectivity index is 1.24. The summed E-state index contributed by atoms with van der Waals surface area (Å²) in [5.41, 5.74) is 3.55. The van der Waals surface area contributed by atoms with Crippen LogP contribution in [0.15, 0.2) is 41.3 Å². The van der Waals surface area contributed by atoms with Gasteiger partial charge in [-0.15, -0.1) is 0 Å². The normalized spacial score (nSPS) is 15.2. The molecule has 1 aliphatic heterocycles. The number of nitrogens with one attached hydrogen (secondary N) is 1. The van der Waals surface area contributed by atoms with Crippen LogP contribution in [0.1, 0.15) is 11.1 Å². The minimum Gasteiger partial charge on any atom is -0.354 e. The zero-order chi connectivity index (χ0) is 23.6. The predicted octanol–water partition coefficient (Wildman–Crippen LogP) is 3.28. The van der Waals surface area contributed by atoms with Crippen LogP contribution >= 0.6 is 22.9 Å². The van der Waals surface area contributed by atoms with Gasteiger partial charge in [-0.2, -0.15) is 0 Å². The number of hydrogen-bond donors (Lipinski definition) is 1. The number of aromatic nitrogens is 1. The average Bonchev–Trinajstić information content (AvgIpc) is 3.24. The molecule has 2 heterocycles. The molecule has 33 heavy (non-hydrogen) atoms. The summed E-state index contributed by atoms with van der Waals surface area (Å²) in [7, 11) is -3.68. The molecule has 1 aromatic heterocycles. The minimum atomic E-state index is -3.68. The summed E-state index contributed by atoms with van der Waals surface area (Å²) in [5, 5.41) is 4.24. The van der Waals surface area contributed by atoms with Gasteiger partial charge in [-0.25, -0.2) is 13.4 Å². The summed E-state index contributed by atoms with van der Waals surface area (Å²) in [4.78, 5) is 21.7. The molecule has 1 N–H and O–H groups in total. The Morgan fingerprint density at radius 2 is 1.73 bits per heavy atom. The molecule has 0 saturated carbocycles. The van der Waals surface area contributed by atoms with Crippen LogP contribution in [-0.2, 0) is 14.6 Å². The molecule has 4 rings (SSSR count). The molecule has 0 atom stereocenters. The van der Waals surface area contributed by atoms with Crippen LogP contribution in [0.5, 0.6) is 0 Å². The van der Waals surface area contributed by atoms with Crippen molar-refractivity contribution in [3.8, 4) is 0 Å². The summed E-state index contributed by atoms with van der Waals surface area (Å²) in [5.74, 6) is -1.07. The third-order valence-electron chi connectivity index (χ3n) is 5.82. The van der Waals surface area contributed by atoms with Gasteiger partial charge in [0, 0.05) is 44.3 Å². The van der Waals surface area contributed by atoms with Gasteiger partial charge in [-0.05, 0) is 49.2 Å². The van der Waals surface area contributed by atoms with Gasteiger partial charge < -0.3 is 10.2 Å². The van der Waals surface area contributed by atoms with E-state index in [2.05, 4.69) is 41.1 Å². The lowest BCUT2D eigenvalue weighted by Gasteiger charge is -2.34. The van der Waals surface area contributed by atoms with E-state index in [4.69, 9.17) is 16.6 Å². The van der Waals surface area contributed by atoms with Crippen molar-refractivity contribution in [1.82, 2.24) is 15.2 Å². The first-order valence-corrected chi connectivity index (χ1v) is 13.7. The fourth-order valence-electron chi connectivity index (χ4n) is 3.85. The summed E-state index contributed by atoms with van der Waals surface area (Å²) in [6.45, 7) is 8.79. The standard InChI is InChI=1S/C23H27ClN4O3S2/c1-16-3-4-17(2)22-21(16)26-23(32-22)28-13-11-27(12-14-28)10-9-25-20(29)15-33(30,31)19-7-5-18(24)6-8-19/h3-8H,9-15H2,1-2H3,(H,25,29). The number of amides is 1. The van der Waals surface area contributed by atoms with E-state index < -0.39 is 21.5 Å².